The Hall–Kier alpha value is -2.70. The molecule has 3 aromatic rings. The van der Waals surface area contributed by atoms with Crippen LogP contribution in [0.25, 0.3) is 11.1 Å². The van der Waals surface area contributed by atoms with Gasteiger partial charge in [-0.3, -0.25) is 4.79 Å². The first-order chi connectivity index (χ1) is 12.3. The summed E-state index contributed by atoms with van der Waals surface area (Å²) < 4.78 is 45.3. The zero-order chi connectivity index (χ0) is 18.9. The highest BCUT2D eigenvalue weighted by Gasteiger charge is 2.30. The van der Waals surface area contributed by atoms with E-state index in [0.29, 0.717) is 29.3 Å². The highest BCUT2D eigenvalue weighted by Crippen LogP contribution is 2.29. The molecule has 0 aliphatic heterocycles. The van der Waals surface area contributed by atoms with Gasteiger partial charge in [0.2, 0.25) is 0 Å². The van der Waals surface area contributed by atoms with E-state index in [4.69, 9.17) is 4.42 Å². The van der Waals surface area contributed by atoms with Gasteiger partial charge in [0.1, 0.15) is 5.69 Å². The van der Waals surface area contributed by atoms with Crippen LogP contribution in [0.15, 0.2) is 47.1 Å². The summed E-state index contributed by atoms with van der Waals surface area (Å²) in [6, 6.07) is 8.32. The third-order valence-electron chi connectivity index (χ3n) is 4.05. The summed E-state index contributed by atoms with van der Waals surface area (Å²) in [7, 11) is 0. The third kappa shape index (κ3) is 3.76. The molecule has 0 spiro atoms. The first kappa shape index (κ1) is 18.1. The molecule has 2 heterocycles. The van der Waals surface area contributed by atoms with Crippen molar-refractivity contribution in [2.24, 2.45) is 5.92 Å². The van der Waals surface area contributed by atoms with Crippen LogP contribution >= 0.6 is 0 Å². The second-order valence-electron chi connectivity index (χ2n) is 6.58. The Morgan fingerprint density at radius 2 is 1.88 bits per heavy atom. The van der Waals surface area contributed by atoms with Crippen molar-refractivity contribution >= 4 is 17.0 Å². The maximum Gasteiger partial charge on any atom is 0.416 e. The molecule has 0 saturated heterocycles. The molecule has 0 saturated carbocycles. The van der Waals surface area contributed by atoms with Crippen LogP contribution in [0.2, 0.25) is 0 Å². The number of nitrogens with one attached hydrogen (secondary N) is 1. The summed E-state index contributed by atoms with van der Waals surface area (Å²) in [5.41, 5.74) is 1.66. The van der Waals surface area contributed by atoms with E-state index in [1.54, 1.807) is 16.7 Å². The lowest BCUT2D eigenvalue weighted by Gasteiger charge is -2.13. The van der Waals surface area contributed by atoms with E-state index in [0.717, 1.165) is 17.6 Å². The summed E-state index contributed by atoms with van der Waals surface area (Å²) in [4.78, 5) is 12.5. The normalized spacial score (nSPS) is 12.1. The molecule has 1 amide bonds. The van der Waals surface area contributed by atoms with Crippen molar-refractivity contribution in [1.29, 1.82) is 0 Å². The minimum atomic E-state index is -4.37. The zero-order valence-electron chi connectivity index (χ0n) is 14.4. The van der Waals surface area contributed by atoms with Gasteiger partial charge in [0, 0.05) is 25.2 Å². The number of aromatic nitrogens is 1. The van der Waals surface area contributed by atoms with Gasteiger partial charge in [-0.15, -0.1) is 0 Å². The topological polar surface area (TPSA) is 47.2 Å². The smallest absolute Gasteiger partial charge is 0.416 e. The zero-order valence-corrected chi connectivity index (χ0v) is 14.4. The van der Waals surface area contributed by atoms with Crippen molar-refractivity contribution in [3.63, 3.8) is 0 Å². The fourth-order valence-corrected chi connectivity index (χ4v) is 2.70. The number of alkyl halides is 3. The highest BCUT2D eigenvalue weighted by atomic mass is 19.4. The van der Waals surface area contributed by atoms with E-state index in [1.807, 2.05) is 13.8 Å². The number of rotatable bonds is 5. The molecule has 2 aromatic heterocycles. The monoisotopic (exact) mass is 364 g/mol. The molecule has 4 nitrogen and oxygen atoms in total. The summed E-state index contributed by atoms with van der Waals surface area (Å²) in [5, 5.41) is 2.85. The van der Waals surface area contributed by atoms with E-state index < -0.39 is 11.7 Å². The van der Waals surface area contributed by atoms with Crippen LogP contribution in [0.3, 0.4) is 0 Å². The molecule has 0 atom stereocenters. The first-order valence-corrected chi connectivity index (χ1v) is 8.27. The van der Waals surface area contributed by atoms with Gasteiger partial charge in [0.25, 0.3) is 5.91 Å². The lowest BCUT2D eigenvalue weighted by molar-refractivity contribution is -0.137. The Bertz CT molecular complexity index is 905. The van der Waals surface area contributed by atoms with E-state index >= 15 is 0 Å². The minimum absolute atomic E-state index is 0.239. The van der Waals surface area contributed by atoms with Gasteiger partial charge >= 0.3 is 6.18 Å². The number of amides is 1. The van der Waals surface area contributed by atoms with Gasteiger partial charge in [0.15, 0.2) is 5.58 Å². The Labute approximate surface area is 148 Å². The molecule has 0 fully saturated rings. The first-order valence-electron chi connectivity index (χ1n) is 8.27. The van der Waals surface area contributed by atoms with Crippen molar-refractivity contribution in [2.45, 2.75) is 26.6 Å². The molecule has 1 N–H and O–H groups in total. The maximum atomic E-state index is 12.7. The maximum absolute atomic E-state index is 12.7. The lowest BCUT2D eigenvalue weighted by Crippen LogP contribution is -2.29. The lowest BCUT2D eigenvalue weighted by atomic mass is 10.1. The number of carbonyl (C=O) groups excluding carboxylic acids is 1. The van der Waals surface area contributed by atoms with Crippen LogP contribution < -0.4 is 5.32 Å². The average molecular weight is 364 g/mol. The molecular formula is C19H19F3N2O2. The van der Waals surface area contributed by atoms with Crippen LogP contribution in [0.1, 0.15) is 35.5 Å². The largest absolute Gasteiger partial charge is 0.463 e. The van der Waals surface area contributed by atoms with Crippen LogP contribution in [-0.2, 0) is 12.7 Å². The quantitative estimate of drug-likeness (QED) is 0.714. The SMILES string of the molecule is CC(C)CNC(=O)c1cc2occc2n1Cc1ccc(C(F)(F)F)cc1. The second-order valence-corrected chi connectivity index (χ2v) is 6.58. The standard InChI is InChI=1S/C19H19F3N2O2/c1-12(2)10-23-18(25)16-9-17-15(7-8-26-17)24(16)11-13-3-5-14(6-4-13)19(20,21)22/h3-9,12H,10-11H2,1-2H3,(H,23,25). The number of benzene rings is 1. The van der Waals surface area contributed by atoms with Crippen molar-refractivity contribution in [3.05, 3.63) is 59.5 Å². The highest BCUT2D eigenvalue weighted by molar-refractivity contribution is 5.97. The van der Waals surface area contributed by atoms with Gasteiger partial charge in [-0.2, -0.15) is 13.2 Å². The van der Waals surface area contributed by atoms with Crippen molar-refractivity contribution in [2.75, 3.05) is 6.54 Å². The Balaban J connectivity index is 1.90. The fourth-order valence-electron chi connectivity index (χ4n) is 2.70. The number of hydrogen-bond acceptors (Lipinski definition) is 2. The van der Waals surface area contributed by atoms with Crippen LogP contribution in [-0.4, -0.2) is 17.0 Å². The summed E-state index contributed by atoms with van der Waals surface area (Å²) in [6.07, 6.45) is -2.85. The van der Waals surface area contributed by atoms with Crippen molar-refractivity contribution in [3.8, 4) is 0 Å². The molecule has 0 radical (unpaired) electrons. The molecule has 0 unspecified atom stereocenters. The molecule has 26 heavy (non-hydrogen) atoms. The number of halogens is 3. The molecule has 138 valence electrons. The number of carbonyl (C=O) groups is 1. The van der Waals surface area contributed by atoms with E-state index in [2.05, 4.69) is 5.32 Å². The van der Waals surface area contributed by atoms with Gasteiger partial charge in [-0.05, 0) is 23.6 Å². The molecule has 0 aliphatic rings. The fraction of sp³-hybridized carbons (Fsp3) is 0.316. The van der Waals surface area contributed by atoms with Crippen molar-refractivity contribution in [1.82, 2.24) is 9.88 Å². The third-order valence-corrected chi connectivity index (χ3v) is 4.05. The van der Waals surface area contributed by atoms with Gasteiger partial charge in [-0.1, -0.05) is 26.0 Å². The Kier molecular flexibility index (Phi) is 4.80. The van der Waals surface area contributed by atoms with Gasteiger partial charge in [-0.25, -0.2) is 0 Å². The van der Waals surface area contributed by atoms with Gasteiger partial charge < -0.3 is 14.3 Å². The molecule has 7 heteroatoms. The van der Waals surface area contributed by atoms with E-state index in [1.165, 1.54) is 18.4 Å². The molecule has 0 bridgehead atoms. The Morgan fingerprint density at radius 3 is 2.50 bits per heavy atom. The second kappa shape index (κ2) is 6.90. The Morgan fingerprint density at radius 1 is 1.19 bits per heavy atom. The minimum Gasteiger partial charge on any atom is -0.463 e. The summed E-state index contributed by atoms with van der Waals surface area (Å²) in [6.45, 7) is 4.79. The number of hydrogen-bond donors (Lipinski definition) is 1. The van der Waals surface area contributed by atoms with E-state index in [-0.39, 0.29) is 12.5 Å². The average Bonchev–Trinajstić information content (AvgIpc) is 3.15. The number of furan rings is 1. The van der Waals surface area contributed by atoms with E-state index in [9.17, 15) is 18.0 Å². The summed E-state index contributed by atoms with van der Waals surface area (Å²) in [5.74, 6) is 0.0669. The molecule has 0 aliphatic carbocycles. The van der Waals surface area contributed by atoms with Gasteiger partial charge in [0.05, 0.1) is 17.3 Å². The molecule has 3 rings (SSSR count). The molecular weight excluding hydrogens is 345 g/mol. The number of fused-ring (bicyclic) bond motifs is 1. The predicted octanol–water partition coefficient (Wildman–Crippen LogP) is 4.69. The van der Waals surface area contributed by atoms with Crippen LogP contribution in [0.5, 0.6) is 0 Å². The number of nitrogens with zero attached hydrogens (tertiary/aromatic N) is 1. The van der Waals surface area contributed by atoms with Crippen LogP contribution in [0, 0.1) is 5.92 Å². The van der Waals surface area contributed by atoms with Crippen molar-refractivity contribution < 1.29 is 22.4 Å². The molecule has 1 aromatic carbocycles. The predicted molar refractivity (Wildman–Crippen MR) is 91.9 cm³/mol. The van der Waals surface area contributed by atoms with Crippen LogP contribution in [0.4, 0.5) is 13.2 Å². The summed E-state index contributed by atoms with van der Waals surface area (Å²) >= 11 is 0.